The molecule has 2 aromatic rings. The second-order valence-corrected chi connectivity index (χ2v) is 7.37. The molecule has 0 saturated carbocycles. The van der Waals surface area contributed by atoms with Gasteiger partial charge in [0.1, 0.15) is 29.4 Å². The van der Waals surface area contributed by atoms with Gasteiger partial charge in [-0.25, -0.2) is 4.79 Å². The first-order valence-electron chi connectivity index (χ1n) is 9.77. The van der Waals surface area contributed by atoms with Crippen LogP contribution in [0.1, 0.15) is 46.5 Å². The number of fused-ring (bicyclic) bond motifs is 1. The molecule has 1 unspecified atom stereocenters. The van der Waals surface area contributed by atoms with E-state index in [4.69, 9.17) is 23.4 Å². The average Bonchev–Trinajstić information content (AvgIpc) is 3.00. The van der Waals surface area contributed by atoms with Crippen molar-refractivity contribution in [2.24, 2.45) is 0 Å². The summed E-state index contributed by atoms with van der Waals surface area (Å²) in [5, 5.41) is 11.0. The van der Waals surface area contributed by atoms with Gasteiger partial charge < -0.3 is 28.5 Å². The molecule has 154 valence electrons. The fourth-order valence-corrected chi connectivity index (χ4v) is 3.16. The quantitative estimate of drug-likeness (QED) is 0.510. The van der Waals surface area contributed by atoms with E-state index >= 15 is 0 Å². The average molecular weight is 392 g/mol. The molecule has 28 heavy (non-hydrogen) atoms. The summed E-state index contributed by atoms with van der Waals surface area (Å²) in [7, 11) is 0. The van der Waals surface area contributed by atoms with Gasteiger partial charge in [0.25, 0.3) is 0 Å². The summed E-state index contributed by atoms with van der Waals surface area (Å²) in [4.78, 5) is 12.2. The minimum Gasteiger partial charge on any atom is -0.503 e. The Morgan fingerprint density at radius 2 is 2.04 bits per heavy atom. The minimum atomic E-state index is -0.702. The van der Waals surface area contributed by atoms with Gasteiger partial charge in [-0.1, -0.05) is 32.3 Å². The molecule has 7 nitrogen and oxygen atoms in total. The lowest BCUT2D eigenvalue weighted by molar-refractivity contribution is -0.141. The summed E-state index contributed by atoms with van der Waals surface area (Å²) >= 11 is 0. The maximum Gasteiger partial charge on any atom is 0.383 e. The summed E-state index contributed by atoms with van der Waals surface area (Å²) in [6, 6.07) is 5.00. The highest BCUT2D eigenvalue weighted by atomic mass is 16.7. The van der Waals surface area contributed by atoms with Crippen molar-refractivity contribution < 1.29 is 28.5 Å². The summed E-state index contributed by atoms with van der Waals surface area (Å²) < 4.78 is 28.0. The maximum atomic E-state index is 12.2. The fraction of sp³-hybridized carbons (Fsp3) is 0.571. The second-order valence-electron chi connectivity index (χ2n) is 7.37. The molecule has 1 aliphatic heterocycles. The molecule has 0 spiro atoms. The van der Waals surface area contributed by atoms with Crippen molar-refractivity contribution in [2.75, 3.05) is 19.8 Å². The molecule has 1 saturated heterocycles. The van der Waals surface area contributed by atoms with Gasteiger partial charge in [-0.3, -0.25) is 0 Å². The molecular formula is C21H28O7. The molecule has 0 aliphatic carbocycles. The van der Waals surface area contributed by atoms with Crippen LogP contribution >= 0.6 is 0 Å². The Kier molecular flexibility index (Phi) is 6.46. The molecule has 1 aromatic carbocycles. The summed E-state index contributed by atoms with van der Waals surface area (Å²) in [6.07, 6.45) is 3.79. The highest BCUT2D eigenvalue weighted by molar-refractivity contribution is 5.91. The predicted octanol–water partition coefficient (Wildman–Crippen LogP) is 3.99. The van der Waals surface area contributed by atoms with Crippen LogP contribution in [0.15, 0.2) is 27.4 Å². The monoisotopic (exact) mass is 392 g/mol. The van der Waals surface area contributed by atoms with E-state index in [9.17, 15) is 9.90 Å². The van der Waals surface area contributed by atoms with Crippen LogP contribution < -0.4 is 15.1 Å². The molecule has 0 bridgehead atoms. The lowest BCUT2D eigenvalue weighted by Gasteiger charge is -2.18. The topological polar surface area (TPSA) is 87.4 Å². The first kappa shape index (κ1) is 20.5. The molecule has 0 amide bonds. The van der Waals surface area contributed by atoms with Crippen LogP contribution in [0, 0.1) is 0 Å². The largest absolute Gasteiger partial charge is 0.503 e. The van der Waals surface area contributed by atoms with E-state index in [0.29, 0.717) is 24.3 Å². The second kappa shape index (κ2) is 8.84. The van der Waals surface area contributed by atoms with E-state index in [-0.39, 0.29) is 29.8 Å². The van der Waals surface area contributed by atoms with Gasteiger partial charge in [0.2, 0.25) is 5.75 Å². The third-order valence-corrected chi connectivity index (χ3v) is 4.56. The van der Waals surface area contributed by atoms with Crippen LogP contribution in [0.2, 0.25) is 0 Å². The molecule has 3 rings (SSSR count). The standard InChI is InChI=1S/C21H28O7/c1-4-5-6-7-11-24-19-18(22)17-15(9-8-10-16(17)27-20(19)23)25-12-14-13-26-21(2,3)28-14/h8-10,14,22H,4-7,11-13H2,1-3H3. The van der Waals surface area contributed by atoms with E-state index in [0.717, 1.165) is 25.7 Å². The van der Waals surface area contributed by atoms with Gasteiger partial charge in [-0.2, -0.15) is 0 Å². The molecule has 1 aliphatic rings. The zero-order valence-electron chi connectivity index (χ0n) is 16.7. The minimum absolute atomic E-state index is 0.179. The summed E-state index contributed by atoms with van der Waals surface area (Å²) in [5.41, 5.74) is -0.464. The number of unbranched alkanes of at least 4 members (excludes halogenated alkanes) is 3. The number of ether oxygens (including phenoxy) is 4. The van der Waals surface area contributed by atoms with E-state index in [1.54, 1.807) is 18.2 Å². The van der Waals surface area contributed by atoms with Crippen LogP contribution in [0.4, 0.5) is 0 Å². The Hall–Kier alpha value is -2.25. The lowest BCUT2D eigenvalue weighted by Crippen LogP contribution is -2.25. The number of benzene rings is 1. The van der Waals surface area contributed by atoms with Crippen molar-refractivity contribution in [2.45, 2.75) is 58.3 Å². The van der Waals surface area contributed by atoms with Crippen LogP contribution in [-0.2, 0) is 9.47 Å². The van der Waals surface area contributed by atoms with Crippen LogP contribution in [-0.4, -0.2) is 36.8 Å². The molecule has 7 heteroatoms. The van der Waals surface area contributed by atoms with Gasteiger partial charge >= 0.3 is 5.63 Å². The van der Waals surface area contributed by atoms with E-state index in [1.807, 2.05) is 13.8 Å². The smallest absolute Gasteiger partial charge is 0.383 e. The van der Waals surface area contributed by atoms with E-state index < -0.39 is 11.4 Å². The van der Waals surface area contributed by atoms with Gasteiger partial charge in [-0.05, 0) is 32.4 Å². The molecule has 1 N–H and O–H groups in total. The van der Waals surface area contributed by atoms with Gasteiger partial charge in [0, 0.05) is 0 Å². The van der Waals surface area contributed by atoms with Crippen molar-refractivity contribution in [1.82, 2.24) is 0 Å². The third-order valence-electron chi connectivity index (χ3n) is 4.56. The number of rotatable bonds is 9. The lowest BCUT2D eigenvalue weighted by atomic mass is 10.2. The number of aromatic hydroxyl groups is 1. The van der Waals surface area contributed by atoms with Crippen LogP contribution in [0.3, 0.4) is 0 Å². The van der Waals surface area contributed by atoms with Gasteiger partial charge in [0.05, 0.1) is 13.2 Å². The molecule has 1 aromatic heterocycles. The molecule has 1 fully saturated rings. The van der Waals surface area contributed by atoms with Crippen molar-refractivity contribution >= 4 is 11.0 Å². The zero-order chi connectivity index (χ0) is 20.1. The Morgan fingerprint density at radius 3 is 2.75 bits per heavy atom. The third kappa shape index (κ3) is 4.77. The molecule has 0 radical (unpaired) electrons. The van der Waals surface area contributed by atoms with Crippen molar-refractivity contribution in [3.8, 4) is 17.2 Å². The Balaban J connectivity index is 1.77. The highest BCUT2D eigenvalue weighted by Gasteiger charge is 2.33. The summed E-state index contributed by atoms with van der Waals surface area (Å²) in [6.45, 7) is 6.81. The number of hydrogen-bond acceptors (Lipinski definition) is 7. The van der Waals surface area contributed by atoms with Crippen molar-refractivity contribution in [1.29, 1.82) is 0 Å². The Bertz CT molecular complexity index is 856. The van der Waals surface area contributed by atoms with E-state index in [1.165, 1.54) is 0 Å². The van der Waals surface area contributed by atoms with Crippen molar-refractivity contribution in [3.05, 3.63) is 28.6 Å². The Morgan fingerprint density at radius 1 is 1.21 bits per heavy atom. The molecule has 2 heterocycles. The van der Waals surface area contributed by atoms with Gasteiger partial charge in [-0.15, -0.1) is 0 Å². The first-order valence-corrected chi connectivity index (χ1v) is 9.77. The number of hydrogen-bond donors (Lipinski definition) is 1. The Labute approximate surface area is 164 Å². The molecule has 1 atom stereocenters. The van der Waals surface area contributed by atoms with Gasteiger partial charge in [0.15, 0.2) is 11.5 Å². The zero-order valence-corrected chi connectivity index (χ0v) is 16.7. The summed E-state index contributed by atoms with van der Waals surface area (Å²) in [5.74, 6) is -0.689. The van der Waals surface area contributed by atoms with Crippen LogP contribution in [0.25, 0.3) is 11.0 Å². The normalized spacial score (nSPS) is 18.5. The van der Waals surface area contributed by atoms with Crippen LogP contribution in [0.5, 0.6) is 17.2 Å². The predicted molar refractivity (Wildman–Crippen MR) is 104 cm³/mol. The SMILES string of the molecule is CCCCCCOc1c(O)c2c(OCC3COC(C)(C)O3)cccc2oc1=O. The maximum absolute atomic E-state index is 12.2. The first-order chi connectivity index (χ1) is 13.4. The fourth-order valence-electron chi connectivity index (χ4n) is 3.16. The highest BCUT2D eigenvalue weighted by Crippen LogP contribution is 2.38. The van der Waals surface area contributed by atoms with E-state index in [2.05, 4.69) is 6.92 Å². The van der Waals surface area contributed by atoms with Crippen molar-refractivity contribution in [3.63, 3.8) is 0 Å². The molecular weight excluding hydrogens is 364 g/mol.